The van der Waals surface area contributed by atoms with E-state index in [1.165, 1.54) is 25.6 Å². The predicted octanol–water partition coefficient (Wildman–Crippen LogP) is 3.60. The average molecular weight is 408 g/mol. The van der Waals surface area contributed by atoms with Gasteiger partial charge in [-0.1, -0.05) is 30.3 Å². The molecule has 0 bridgehead atoms. The molecule has 2 heterocycles. The van der Waals surface area contributed by atoms with Gasteiger partial charge in [-0.2, -0.15) is 0 Å². The molecule has 5 nitrogen and oxygen atoms in total. The molecule has 2 fully saturated rings. The minimum Gasteiger partial charge on any atom is -0.367 e. The molecular formula is C23H25N3O2S. The van der Waals surface area contributed by atoms with E-state index in [1.807, 2.05) is 18.2 Å². The fourth-order valence-electron chi connectivity index (χ4n) is 4.10. The molecule has 0 radical (unpaired) electrons. The SMILES string of the molecule is O=S(=O)(c1ccccc1)c1cnc2c(N3CCN(CC4CC4)CC3)cccc2c1. The molecule has 29 heavy (non-hydrogen) atoms. The highest BCUT2D eigenvalue weighted by atomic mass is 32.2. The molecule has 0 atom stereocenters. The number of rotatable bonds is 5. The second-order valence-corrected chi connectivity index (χ2v) is 10.0. The highest BCUT2D eigenvalue weighted by Crippen LogP contribution is 2.32. The third kappa shape index (κ3) is 3.74. The zero-order valence-corrected chi connectivity index (χ0v) is 17.2. The number of aromatic nitrogens is 1. The van der Waals surface area contributed by atoms with Crippen LogP contribution in [0.1, 0.15) is 12.8 Å². The lowest BCUT2D eigenvalue weighted by atomic mass is 10.1. The Morgan fingerprint density at radius 2 is 1.66 bits per heavy atom. The molecule has 6 heteroatoms. The maximum atomic E-state index is 12.9. The summed E-state index contributed by atoms with van der Waals surface area (Å²) in [5, 5.41) is 0.861. The molecule has 3 aromatic rings. The molecule has 0 amide bonds. The van der Waals surface area contributed by atoms with Gasteiger partial charge in [-0.3, -0.25) is 9.88 Å². The van der Waals surface area contributed by atoms with Crippen LogP contribution in [0.2, 0.25) is 0 Å². The van der Waals surface area contributed by atoms with Crippen LogP contribution in [0.5, 0.6) is 0 Å². The number of para-hydroxylation sites is 1. The Hall–Kier alpha value is -2.44. The first-order valence-electron chi connectivity index (χ1n) is 10.3. The lowest BCUT2D eigenvalue weighted by molar-refractivity contribution is 0.248. The maximum absolute atomic E-state index is 12.9. The highest BCUT2D eigenvalue weighted by molar-refractivity contribution is 7.91. The average Bonchev–Trinajstić information content (AvgIpc) is 3.58. The first-order valence-corrected chi connectivity index (χ1v) is 11.8. The summed E-state index contributed by atoms with van der Waals surface area (Å²) < 4.78 is 25.9. The molecule has 2 aliphatic rings. The quantitative estimate of drug-likeness (QED) is 0.647. The van der Waals surface area contributed by atoms with Gasteiger partial charge in [0.15, 0.2) is 0 Å². The molecular weight excluding hydrogens is 382 g/mol. The third-order valence-corrected chi connectivity index (χ3v) is 7.69. The summed E-state index contributed by atoms with van der Waals surface area (Å²) in [6.07, 6.45) is 4.28. The summed E-state index contributed by atoms with van der Waals surface area (Å²) in [6, 6.07) is 16.3. The van der Waals surface area contributed by atoms with Crippen molar-refractivity contribution < 1.29 is 8.42 Å². The Kier molecular flexibility index (Phi) is 4.76. The Morgan fingerprint density at radius 1 is 0.897 bits per heavy atom. The topological polar surface area (TPSA) is 53.5 Å². The van der Waals surface area contributed by atoms with E-state index in [-0.39, 0.29) is 4.90 Å². The number of piperazine rings is 1. The van der Waals surface area contributed by atoms with Crippen molar-refractivity contribution in [3.8, 4) is 0 Å². The van der Waals surface area contributed by atoms with Gasteiger partial charge in [0, 0.05) is 44.3 Å². The number of benzene rings is 2. The van der Waals surface area contributed by atoms with E-state index in [4.69, 9.17) is 0 Å². The summed E-state index contributed by atoms with van der Waals surface area (Å²) in [6.45, 7) is 5.36. The fraction of sp³-hybridized carbons (Fsp3) is 0.348. The molecule has 5 rings (SSSR count). The maximum Gasteiger partial charge on any atom is 0.208 e. The minimum absolute atomic E-state index is 0.239. The summed E-state index contributed by atoms with van der Waals surface area (Å²) in [5.41, 5.74) is 1.97. The van der Waals surface area contributed by atoms with Crippen molar-refractivity contribution in [3.63, 3.8) is 0 Å². The van der Waals surface area contributed by atoms with Crippen molar-refractivity contribution in [2.45, 2.75) is 22.6 Å². The number of fused-ring (bicyclic) bond motifs is 1. The van der Waals surface area contributed by atoms with Crippen molar-refractivity contribution in [2.24, 2.45) is 5.92 Å². The van der Waals surface area contributed by atoms with Crippen LogP contribution < -0.4 is 4.90 Å². The van der Waals surface area contributed by atoms with Crippen LogP contribution >= 0.6 is 0 Å². The first kappa shape index (κ1) is 18.6. The number of hydrogen-bond donors (Lipinski definition) is 0. The molecule has 0 unspecified atom stereocenters. The van der Waals surface area contributed by atoms with Gasteiger partial charge in [-0.05, 0) is 43.0 Å². The van der Waals surface area contributed by atoms with E-state index in [2.05, 4.69) is 20.9 Å². The van der Waals surface area contributed by atoms with E-state index in [0.29, 0.717) is 4.90 Å². The Labute approximate surface area is 171 Å². The van der Waals surface area contributed by atoms with Crippen LogP contribution in [-0.4, -0.2) is 51.0 Å². The number of hydrogen-bond acceptors (Lipinski definition) is 5. The number of nitrogens with zero attached hydrogens (tertiary/aromatic N) is 3. The molecule has 1 aliphatic heterocycles. The van der Waals surface area contributed by atoms with Gasteiger partial charge in [0.05, 0.1) is 21.0 Å². The van der Waals surface area contributed by atoms with Crippen LogP contribution in [0.15, 0.2) is 70.6 Å². The largest absolute Gasteiger partial charge is 0.367 e. The smallest absolute Gasteiger partial charge is 0.208 e. The van der Waals surface area contributed by atoms with Gasteiger partial charge < -0.3 is 4.90 Å². The third-order valence-electron chi connectivity index (χ3n) is 5.95. The summed E-state index contributed by atoms with van der Waals surface area (Å²) in [5.74, 6) is 0.922. The summed E-state index contributed by atoms with van der Waals surface area (Å²) in [4.78, 5) is 10.1. The Bertz CT molecular complexity index is 1120. The first-order chi connectivity index (χ1) is 14.1. The van der Waals surface area contributed by atoms with Gasteiger partial charge in [0.2, 0.25) is 9.84 Å². The fourth-order valence-corrected chi connectivity index (χ4v) is 5.36. The van der Waals surface area contributed by atoms with Crippen molar-refractivity contribution >= 4 is 26.4 Å². The number of sulfone groups is 1. The number of anilines is 1. The van der Waals surface area contributed by atoms with Gasteiger partial charge in [0.1, 0.15) is 0 Å². The predicted molar refractivity (Wildman–Crippen MR) is 115 cm³/mol. The molecule has 1 saturated carbocycles. The van der Waals surface area contributed by atoms with E-state index in [1.54, 1.807) is 30.3 Å². The summed E-state index contributed by atoms with van der Waals surface area (Å²) in [7, 11) is -3.56. The van der Waals surface area contributed by atoms with Crippen LogP contribution in [0.3, 0.4) is 0 Å². The van der Waals surface area contributed by atoms with Gasteiger partial charge in [-0.15, -0.1) is 0 Å². The molecule has 1 saturated heterocycles. The molecule has 150 valence electrons. The minimum atomic E-state index is -3.56. The van der Waals surface area contributed by atoms with Crippen molar-refractivity contribution in [1.29, 1.82) is 0 Å². The second-order valence-electron chi connectivity index (χ2n) is 8.07. The normalized spacial score (nSPS) is 18.3. The van der Waals surface area contributed by atoms with Crippen LogP contribution in [0.4, 0.5) is 5.69 Å². The molecule has 0 N–H and O–H groups in total. The van der Waals surface area contributed by atoms with Crippen LogP contribution in [-0.2, 0) is 9.84 Å². The van der Waals surface area contributed by atoms with Gasteiger partial charge in [0.25, 0.3) is 0 Å². The molecule has 2 aromatic carbocycles. The van der Waals surface area contributed by atoms with E-state index >= 15 is 0 Å². The zero-order valence-electron chi connectivity index (χ0n) is 16.4. The van der Waals surface area contributed by atoms with Crippen LogP contribution in [0.25, 0.3) is 10.9 Å². The standard InChI is InChI=1S/C23H25N3O2S/c27-29(28,20-6-2-1-3-7-20)21-15-19-5-4-8-22(23(19)24-16-21)26-13-11-25(12-14-26)17-18-9-10-18/h1-8,15-16,18H,9-14,17H2. The van der Waals surface area contributed by atoms with Crippen molar-refractivity contribution in [3.05, 3.63) is 60.8 Å². The highest BCUT2D eigenvalue weighted by Gasteiger charge is 2.27. The molecule has 0 spiro atoms. The van der Waals surface area contributed by atoms with Crippen LogP contribution in [0, 0.1) is 5.92 Å². The van der Waals surface area contributed by atoms with E-state index in [9.17, 15) is 8.42 Å². The van der Waals surface area contributed by atoms with E-state index in [0.717, 1.165) is 48.7 Å². The molecule has 1 aliphatic carbocycles. The van der Waals surface area contributed by atoms with Crippen molar-refractivity contribution in [2.75, 3.05) is 37.6 Å². The lowest BCUT2D eigenvalue weighted by Gasteiger charge is -2.36. The van der Waals surface area contributed by atoms with Gasteiger partial charge in [-0.25, -0.2) is 8.42 Å². The Morgan fingerprint density at radius 3 is 2.38 bits per heavy atom. The second kappa shape index (κ2) is 7.43. The van der Waals surface area contributed by atoms with Crippen molar-refractivity contribution in [1.82, 2.24) is 9.88 Å². The monoisotopic (exact) mass is 407 g/mol. The molecule has 1 aromatic heterocycles. The Balaban J connectivity index is 1.42. The van der Waals surface area contributed by atoms with E-state index < -0.39 is 9.84 Å². The number of pyridine rings is 1. The summed E-state index contributed by atoms with van der Waals surface area (Å²) >= 11 is 0. The zero-order chi connectivity index (χ0) is 19.8. The lowest BCUT2D eigenvalue weighted by Crippen LogP contribution is -2.47. The van der Waals surface area contributed by atoms with Gasteiger partial charge >= 0.3 is 0 Å².